The van der Waals surface area contributed by atoms with Gasteiger partial charge in [0, 0.05) is 19.6 Å². The number of nitrogens with zero attached hydrogens (tertiary/aromatic N) is 2. The van der Waals surface area contributed by atoms with Crippen molar-refractivity contribution in [1.82, 2.24) is 10.2 Å². The Morgan fingerprint density at radius 3 is 2.30 bits per heavy atom. The molecule has 1 amide bonds. The number of hydrogen-bond donors (Lipinski definition) is 1. The molecule has 0 aliphatic rings. The number of ether oxygens (including phenoxy) is 1. The zero-order valence-electron chi connectivity index (χ0n) is 19.0. The van der Waals surface area contributed by atoms with Gasteiger partial charge in [-0.1, -0.05) is 36.4 Å². The van der Waals surface area contributed by atoms with Gasteiger partial charge in [0.25, 0.3) is 15.9 Å². The highest BCUT2D eigenvalue weighted by Crippen LogP contribution is 2.26. The van der Waals surface area contributed by atoms with Crippen LogP contribution in [0.5, 0.6) is 5.75 Å². The Morgan fingerprint density at radius 2 is 1.70 bits per heavy atom. The van der Waals surface area contributed by atoms with Crippen LogP contribution in [0.1, 0.15) is 5.56 Å². The molecule has 0 saturated heterocycles. The van der Waals surface area contributed by atoms with Crippen LogP contribution in [0.25, 0.3) is 0 Å². The lowest BCUT2D eigenvalue weighted by atomic mass is 10.1. The standard InChI is InChI=1S/C24H29N3O4S2/c1-26(2)17-20(16-19-8-5-4-6-9-19)25-23(28)18-31-22-13-11-21(12-14-22)27(3)33(29,30)24-10-7-15-32-24/h4-15,20H,16-18H2,1-3H3,(H,25,28). The fourth-order valence-electron chi connectivity index (χ4n) is 3.36. The predicted octanol–water partition coefficient (Wildman–Crippen LogP) is 3.24. The molecule has 1 aromatic heterocycles. The number of benzene rings is 2. The molecule has 0 aliphatic heterocycles. The molecule has 0 radical (unpaired) electrons. The number of carbonyl (C=O) groups excluding carboxylic acids is 1. The number of nitrogens with one attached hydrogen (secondary N) is 1. The summed E-state index contributed by atoms with van der Waals surface area (Å²) in [6.45, 7) is 0.585. The van der Waals surface area contributed by atoms with Gasteiger partial charge in [-0.2, -0.15) is 0 Å². The molecular formula is C24H29N3O4S2. The molecule has 7 nitrogen and oxygen atoms in total. The van der Waals surface area contributed by atoms with Crippen LogP contribution in [0.15, 0.2) is 76.3 Å². The molecule has 0 fully saturated rings. The van der Waals surface area contributed by atoms with Gasteiger partial charge in [-0.3, -0.25) is 9.10 Å². The zero-order chi connectivity index (χ0) is 23.8. The number of amides is 1. The van der Waals surface area contributed by atoms with Crippen molar-refractivity contribution in [3.8, 4) is 5.75 Å². The normalized spacial score (nSPS) is 12.4. The fraction of sp³-hybridized carbons (Fsp3) is 0.292. The molecule has 0 spiro atoms. The molecule has 1 heterocycles. The Morgan fingerprint density at radius 1 is 1.00 bits per heavy atom. The summed E-state index contributed by atoms with van der Waals surface area (Å²) in [5, 5.41) is 4.77. The molecule has 176 valence electrons. The number of hydrogen-bond acceptors (Lipinski definition) is 6. The van der Waals surface area contributed by atoms with E-state index >= 15 is 0 Å². The summed E-state index contributed by atoms with van der Waals surface area (Å²) in [5.41, 5.74) is 1.66. The van der Waals surface area contributed by atoms with E-state index in [0.29, 0.717) is 18.0 Å². The van der Waals surface area contributed by atoms with E-state index in [2.05, 4.69) is 5.32 Å². The first kappa shape index (κ1) is 24.8. The van der Waals surface area contributed by atoms with Crippen molar-refractivity contribution in [2.75, 3.05) is 38.6 Å². The van der Waals surface area contributed by atoms with Crippen molar-refractivity contribution in [1.29, 1.82) is 0 Å². The molecule has 2 aromatic carbocycles. The summed E-state index contributed by atoms with van der Waals surface area (Å²) in [6.07, 6.45) is 0.727. The summed E-state index contributed by atoms with van der Waals surface area (Å²) < 4.78 is 32.4. The van der Waals surface area contributed by atoms with Gasteiger partial charge in [-0.15, -0.1) is 11.3 Å². The van der Waals surface area contributed by atoms with Gasteiger partial charge in [0.15, 0.2) is 6.61 Å². The fourth-order valence-corrected chi connectivity index (χ4v) is 5.71. The third-order valence-corrected chi connectivity index (χ3v) is 8.11. The van der Waals surface area contributed by atoms with Gasteiger partial charge < -0.3 is 15.0 Å². The highest BCUT2D eigenvalue weighted by molar-refractivity contribution is 7.94. The summed E-state index contributed by atoms with van der Waals surface area (Å²) in [7, 11) is 1.86. The maximum absolute atomic E-state index is 12.7. The van der Waals surface area contributed by atoms with Crippen molar-refractivity contribution in [3.05, 3.63) is 77.7 Å². The van der Waals surface area contributed by atoms with Crippen LogP contribution in [0, 0.1) is 0 Å². The van der Waals surface area contributed by atoms with Gasteiger partial charge in [0.2, 0.25) is 0 Å². The smallest absolute Gasteiger partial charge is 0.273 e. The predicted molar refractivity (Wildman–Crippen MR) is 132 cm³/mol. The Kier molecular flexibility index (Phi) is 8.49. The number of carbonyl (C=O) groups is 1. The second-order valence-corrected chi connectivity index (χ2v) is 11.0. The molecule has 1 atom stereocenters. The first-order chi connectivity index (χ1) is 15.8. The van der Waals surface area contributed by atoms with Crippen molar-refractivity contribution in [3.63, 3.8) is 0 Å². The van der Waals surface area contributed by atoms with Crippen molar-refractivity contribution < 1.29 is 17.9 Å². The number of anilines is 1. The van der Waals surface area contributed by atoms with Crippen LogP contribution in [0.3, 0.4) is 0 Å². The van der Waals surface area contributed by atoms with Crippen molar-refractivity contribution >= 4 is 33.0 Å². The van der Waals surface area contributed by atoms with Crippen molar-refractivity contribution in [2.45, 2.75) is 16.7 Å². The Hall–Kier alpha value is -2.88. The van der Waals surface area contributed by atoms with Gasteiger partial charge in [0.05, 0.1) is 5.69 Å². The molecular weight excluding hydrogens is 458 g/mol. The van der Waals surface area contributed by atoms with Crippen LogP contribution in [-0.2, 0) is 21.2 Å². The average molecular weight is 488 g/mol. The summed E-state index contributed by atoms with van der Waals surface area (Å²) >= 11 is 1.17. The van der Waals surface area contributed by atoms with E-state index in [-0.39, 0.29) is 22.8 Å². The molecule has 3 rings (SSSR count). The quantitative estimate of drug-likeness (QED) is 0.449. The first-order valence-electron chi connectivity index (χ1n) is 10.5. The average Bonchev–Trinajstić information content (AvgIpc) is 3.34. The minimum Gasteiger partial charge on any atom is -0.484 e. The molecule has 0 aliphatic carbocycles. The summed E-state index contributed by atoms with van der Waals surface area (Å²) in [4.78, 5) is 14.5. The molecule has 0 bridgehead atoms. The van der Waals surface area contributed by atoms with Crippen LogP contribution in [0.4, 0.5) is 5.69 Å². The van der Waals surface area contributed by atoms with Crippen LogP contribution >= 0.6 is 11.3 Å². The van der Waals surface area contributed by atoms with Crippen LogP contribution in [-0.4, -0.2) is 59.6 Å². The van der Waals surface area contributed by atoms with E-state index in [0.717, 1.165) is 12.0 Å². The zero-order valence-corrected chi connectivity index (χ0v) is 20.6. The molecule has 33 heavy (non-hydrogen) atoms. The van der Waals surface area contributed by atoms with Gasteiger partial charge in [-0.05, 0) is 61.8 Å². The highest BCUT2D eigenvalue weighted by Gasteiger charge is 2.22. The van der Waals surface area contributed by atoms with Crippen LogP contribution in [0.2, 0.25) is 0 Å². The highest BCUT2D eigenvalue weighted by atomic mass is 32.2. The monoisotopic (exact) mass is 487 g/mol. The van der Waals surface area contributed by atoms with Crippen molar-refractivity contribution in [2.24, 2.45) is 0 Å². The lowest BCUT2D eigenvalue weighted by Gasteiger charge is -2.22. The maximum atomic E-state index is 12.7. The van der Waals surface area contributed by atoms with E-state index in [9.17, 15) is 13.2 Å². The topological polar surface area (TPSA) is 79.0 Å². The molecule has 1 N–H and O–H groups in total. The second kappa shape index (κ2) is 11.3. The minimum atomic E-state index is -3.59. The van der Waals surface area contributed by atoms with E-state index in [1.165, 1.54) is 22.7 Å². The van der Waals surface area contributed by atoms with E-state index < -0.39 is 10.0 Å². The largest absolute Gasteiger partial charge is 0.484 e. The molecule has 1 unspecified atom stereocenters. The van der Waals surface area contributed by atoms with Gasteiger partial charge in [0.1, 0.15) is 9.96 Å². The third-order valence-electron chi connectivity index (χ3n) is 4.96. The van der Waals surface area contributed by atoms with E-state index in [1.807, 2.05) is 49.3 Å². The molecule has 9 heteroatoms. The van der Waals surface area contributed by atoms with Gasteiger partial charge in [-0.25, -0.2) is 8.42 Å². The Labute approximate surface area is 199 Å². The number of sulfonamides is 1. The lowest BCUT2D eigenvalue weighted by Crippen LogP contribution is -2.44. The van der Waals surface area contributed by atoms with E-state index in [4.69, 9.17) is 4.74 Å². The summed E-state index contributed by atoms with van der Waals surface area (Å²) in [5.74, 6) is 0.280. The number of rotatable bonds is 11. The Bertz CT molecular complexity index is 1120. The first-order valence-corrected chi connectivity index (χ1v) is 12.8. The van der Waals surface area contributed by atoms with E-state index in [1.54, 1.807) is 41.8 Å². The molecule has 3 aromatic rings. The number of likely N-dealkylation sites (N-methyl/N-ethyl adjacent to an activating group) is 1. The van der Waals surface area contributed by atoms with Crippen LogP contribution < -0.4 is 14.4 Å². The van der Waals surface area contributed by atoms with Gasteiger partial charge >= 0.3 is 0 Å². The maximum Gasteiger partial charge on any atom is 0.273 e. The second-order valence-electron chi connectivity index (χ2n) is 7.90. The third kappa shape index (κ3) is 7.05. The number of thiophene rings is 1. The SMILES string of the molecule is CN(C)CC(Cc1ccccc1)NC(=O)COc1ccc(N(C)S(=O)(=O)c2cccs2)cc1. The lowest BCUT2D eigenvalue weighted by molar-refractivity contribution is -0.123. The minimum absolute atomic E-state index is 0.0445. The Balaban J connectivity index is 1.56. The molecule has 0 saturated carbocycles. The summed E-state index contributed by atoms with van der Waals surface area (Å²) in [6, 6.07) is 19.9.